The predicted molar refractivity (Wildman–Crippen MR) is 109 cm³/mol. The van der Waals surface area contributed by atoms with Crippen LogP contribution in [-0.2, 0) is 25.5 Å². The number of esters is 1. The molecule has 0 spiro atoms. The van der Waals surface area contributed by atoms with Gasteiger partial charge in [-0.15, -0.1) is 0 Å². The first-order valence-corrected chi connectivity index (χ1v) is 11.3. The number of carbonyl (C=O) groups is 2. The van der Waals surface area contributed by atoms with Crippen molar-refractivity contribution in [2.75, 3.05) is 30.5 Å². The Balaban J connectivity index is 1.66. The normalized spacial score (nSPS) is 17.6. The zero-order valence-electron chi connectivity index (χ0n) is 16.9. The number of hydrogen-bond donors (Lipinski definition) is 1. The molecule has 0 bridgehead atoms. The number of alkyl halides is 3. The summed E-state index contributed by atoms with van der Waals surface area (Å²) in [7, 11) is -1.75. The molecule has 1 aromatic carbocycles. The van der Waals surface area contributed by atoms with Crippen LogP contribution in [-0.4, -0.2) is 61.4 Å². The lowest BCUT2D eigenvalue weighted by atomic mass is 10.2. The van der Waals surface area contributed by atoms with Gasteiger partial charge in [0.05, 0.1) is 17.1 Å². The third-order valence-electron chi connectivity index (χ3n) is 4.96. The fourth-order valence-electron chi connectivity index (χ4n) is 3.17. The van der Waals surface area contributed by atoms with E-state index in [-0.39, 0.29) is 28.6 Å². The summed E-state index contributed by atoms with van der Waals surface area (Å²) in [5.74, 6) is -1.67. The number of amides is 1. The number of halogens is 3. The highest BCUT2D eigenvalue weighted by Crippen LogP contribution is 2.31. The number of rotatable bonds is 6. The number of likely N-dealkylation sites (N-methyl/N-ethyl adjacent to an activating group) is 1. The highest BCUT2D eigenvalue weighted by atomic mass is 32.2. The van der Waals surface area contributed by atoms with E-state index in [2.05, 4.69) is 10.3 Å². The van der Waals surface area contributed by atoms with Crippen molar-refractivity contribution in [1.82, 2.24) is 9.88 Å². The summed E-state index contributed by atoms with van der Waals surface area (Å²) in [4.78, 5) is 30.0. The smallest absolute Gasteiger partial charge is 0.416 e. The number of aromatic nitrogens is 1. The Morgan fingerprint density at radius 1 is 1.25 bits per heavy atom. The fourth-order valence-corrected chi connectivity index (χ4v) is 4.95. The van der Waals surface area contributed by atoms with Crippen molar-refractivity contribution < 1.29 is 35.9 Å². The van der Waals surface area contributed by atoms with Crippen LogP contribution in [0.4, 0.5) is 24.7 Å². The second-order valence-corrected chi connectivity index (χ2v) is 9.47. The lowest BCUT2D eigenvalue weighted by Gasteiger charge is -2.23. The molecule has 172 valence electrons. The minimum Gasteiger partial charge on any atom is -0.452 e. The summed E-state index contributed by atoms with van der Waals surface area (Å²) in [6.07, 6.45) is -2.88. The van der Waals surface area contributed by atoms with Gasteiger partial charge in [0, 0.05) is 25.0 Å². The van der Waals surface area contributed by atoms with E-state index in [0.717, 1.165) is 12.1 Å². The predicted octanol–water partition coefficient (Wildman–Crippen LogP) is 2.65. The van der Waals surface area contributed by atoms with Gasteiger partial charge >= 0.3 is 12.1 Å². The third kappa shape index (κ3) is 5.75. The first-order chi connectivity index (χ1) is 15.0. The van der Waals surface area contributed by atoms with Crippen LogP contribution >= 0.6 is 0 Å². The van der Waals surface area contributed by atoms with Crippen LogP contribution < -0.4 is 5.32 Å². The summed E-state index contributed by atoms with van der Waals surface area (Å²) < 4.78 is 67.0. The highest BCUT2D eigenvalue weighted by molar-refractivity contribution is 7.91. The van der Waals surface area contributed by atoms with Gasteiger partial charge in [0.15, 0.2) is 16.4 Å². The third-order valence-corrected chi connectivity index (χ3v) is 6.71. The number of pyridine rings is 1. The van der Waals surface area contributed by atoms with Gasteiger partial charge in [-0.05, 0) is 36.8 Å². The Hall–Kier alpha value is -3.15. The fraction of sp³-hybridized carbons (Fsp3) is 0.350. The van der Waals surface area contributed by atoms with E-state index in [4.69, 9.17) is 4.74 Å². The molecule has 2 aromatic rings. The van der Waals surface area contributed by atoms with Crippen molar-refractivity contribution in [1.29, 1.82) is 0 Å². The van der Waals surface area contributed by atoms with Gasteiger partial charge in [-0.1, -0.05) is 6.07 Å². The number of nitrogens with one attached hydrogen (secondary N) is 1. The maximum Gasteiger partial charge on any atom is 0.416 e. The monoisotopic (exact) mass is 471 g/mol. The quantitative estimate of drug-likeness (QED) is 0.646. The second-order valence-electron chi connectivity index (χ2n) is 7.24. The van der Waals surface area contributed by atoms with Gasteiger partial charge in [0.25, 0.3) is 5.91 Å². The van der Waals surface area contributed by atoms with Gasteiger partial charge < -0.3 is 15.0 Å². The van der Waals surface area contributed by atoms with Crippen molar-refractivity contribution >= 4 is 33.2 Å². The molecule has 3 rings (SSSR count). The molecule has 1 saturated heterocycles. The van der Waals surface area contributed by atoms with E-state index in [9.17, 15) is 31.2 Å². The number of anilines is 2. The number of benzene rings is 1. The lowest BCUT2D eigenvalue weighted by Crippen LogP contribution is -2.40. The summed E-state index contributed by atoms with van der Waals surface area (Å²) in [5, 5.41) is 2.66. The van der Waals surface area contributed by atoms with Crippen LogP contribution in [0.15, 0.2) is 42.6 Å². The summed E-state index contributed by atoms with van der Waals surface area (Å²) in [6.45, 7) is -0.621. The molecule has 0 aliphatic carbocycles. The Labute approximate surface area is 182 Å². The molecule has 1 amide bonds. The molecule has 8 nitrogen and oxygen atoms in total. The van der Waals surface area contributed by atoms with Gasteiger partial charge in [-0.2, -0.15) is 13.2 Å². The standard InChI is InChI=1S/C20H20F3N3O5S/c1-26(15-7-9-32(29,30)12-15)17(27)11-31-19(28)16-6-3-8-24-18(16)25-14-5-2-4-13(10-14)20(21,22)23/h2-6,8,10,15H,7,9,11-12H2,1H3,(H,24,25)/t15-/m0/s1. The van der Waals surface area contributed by atoms with Crippen LogP contribution in [0.5, 0.6) is 0 Å². The summed E-state index contributed by atoms with van der Waals surface area (Å²) in [6, 6.07) is 6.68. The average Bonchev–Trinajstić information content (AvgIpc) is 3.11. The molecule has 0 radical (unpaired) electrons. The van der Waals surface area contributed by atoms with Gasteiger partial charge in [0.1, 0.15) is 11.4 Å². The number of carbonyl (C=O) groups excluding carboxylic acids is 2. The van der Waals surface area contributed by atoms with Gasteiger partial charge in [-0.25, -0.2) is 18.2 Å². The van der Waals surface area contributed by atoms with E-state index >= 15 is 0 Å². The first-order valence-electron chi connectivity index (χ1n) is 9.49. The molecule has 0 unspecified atom stereocenters. The molecule has 1 aromatic heterocycles. The first kappa shape index (κ1) is 23.5. The Kier molecular flexibility index (Phi) is 6.72. The van der Waals surface area contributed by atoms with Crippen molar-refractivity contribution in [2.24, 2.45) is 0 Å². The molecule has 12 heteroatoms. The Bertz CT molecular complexity index is 1120. The molecule has 1 aliphatic rings. The Morgan fingerprint density at radius 2 is 2.00 bits per heavy atom. The summed E-state index contributed by atoms with van der Waals surface area (Å²) in [5.41, 5.74) is -0.889. The van der Waals surface area contributed by atoms with Crippen LogP contribution in [0, 0.1) is 0 Å². The number of nitrogens with zero attached hydrogens (tertiary/aromatic N) is 2. The number of ether oxygens (including phenoxy) is 1. The van der Waals surface area contributed by atoms with E-state index < -0.39 is 46.1 Å². The van der Waals surface area contributed by atoms with Gasteiger partial charge in [-0.3, -0.25) is 4.79 Å². The van der Waals surface area contributed by atoms with Crippen LogP contribution in [0.2, 0.25) is 0 Å². The van der Waals surface area contributed by atoms with E-state index in [1.165, 1.54) is 42.4 Å². The molecular formula is C20H20F3N3O5S. The molecule has 1 N–H and O–H groups in total. The summed E-state index contributed by atoms with van der Waals surface area (Å²) >= 11 is 0. The molecule has 0 saturated carbocycles. The van der Waals surface area contributed by atoms with E-state index in [0.29, 0.717) is 6.42 Å². The SMILES string of the molecule is CN(C(=O)COC(=O)c1cccnc1Nc1cccc(C(F)(F)F)c1)[C@H]1CCS(=O)(=O)C1. The topological polar surface area (TPSA) is 106 Å². The molecule has 1 aliphatic heterocycles. The molecule has 1 atom stereocenters. The van der Waals surface area contributed by atoms with Crippen molar-refractivity contribution in [3.63, 3.8) is 0 Å². The van der Waals surface area contributed by atoms with Crippen LogP contribution in [0.25, 0.3) is 0 Å². The average molecular weight is 471 g/mol. The second kappa shape index (κ2) is 9.15. The number of sulfone groups is 1. The van der Waals surface area contributed by atoms with Crippen LogP contribution in [0.1, 0.15) is 22.3 Å². The Morgan fingerprint density at radius 3 is 2.66 bits per heavy atom. The van der Waals surface area contributed by atoms with E-state index in [1.807, 2.05) is 0 Å². The van der Waals surface area contributed by atoms with E-state index in [1.54, 1.807) is 0 Å². The zero-order valence-corrected chi connectivity index (χ0v) is 17.7. The van der Waals surface area contributed by atoms with Crippen LogP contribution in [0.3, 0.4) is 0 Å². The van der Waals surface area contributed by atoms with Crippen molar-refractivity contribution in [3.8, 4) is 0 Å². The molecule has 32 heavy (non-hydrogen) atoms. The molecular weight excluding hydrogens is 451 g/mol. The van der Waals surface area contributed by atoms with Gasteiger partial charge in [0.2, 0.25) is 0 Å². The maximum absolute atomic E-state index is 12.9. The highest BCUT2D eigenvalue weighted by Gasteiger charge is 2.33. The van der Waals surface area contributed by atoms with Crippen molar-refractivity contribution in [2.45, 2.75) is 18.6 Å². The largest absolute Gasteiger partial charge is 0.452 e. The number of hydrogen-bond acceptors (Lipinski definition) is 7. The molecule has 1 fully saturated rings. The van der Waals surface area contributed by atoms with Crippen molar-refractivity contribution in [3.05, 3.63) is 53.7 Å². The minimum absolute atomic E-state index is 0.00464. The maximum atomic E-state index is 12.9. The minimum atomic E-state index is -4.53. The lowest BCUT2D eigenvalue weighted by molar-refractivity contribution is -0.137. The molecule has 2 heterocycles. The zero-order chi connectivity index (χ0) is 23.5.